The number of fused-ring (bicyclic) bond motifs is 1. The third-order valence-corrected chi connectivity index (χ3v) is 3.69. The lowest BCUT2D eigenvalue weighted by molar-refractivity contribution is 0.0990. The van der Waals surface area contributed by atoms with Crippen molar-refractivity contribution in [3.63, 3.8) is 0 Å². The van der Waals surface area contributed by atoms with E-state index in [9.17, 15) is 4.79 Å². The average molecular weight is 270 g/mol. The van der Waals surface area contributed by atoms with Gasteiger partial charge in [0.25, 0.3) is 5.91 Å². The first-order valence-corrected chi connectivity index (χ1v) is 6.82. The number of nitrogens with zero attached hydrogens (tertiary/aromatic N) is 3. The van der Waals surface area contributed by atoms with E-state index in [0.717, 1.165) is 12.1 Å². The van der Waals surface area contributed by atoms with Crippen LogP contribution in [0, 0.1) is 0 Å². The van der Waals surface area contributed by atoms with Gasteiger partial charge in [0.2, 0.25) is 0 Å². The molecule has 104 valence electrons. The summed E-state index contributed by atoms with van der Waals surface area (Å²) in [5.74, 6) is 0.369. The van der Waals surface area contributed by atoms with Gasteiger partial charge in [0.05, 0.1) is 6.20 Å². The molecule has 0 aliphatic carbocycles. The largest absolute Gasteiger partial charge is 0.383 e. The summed E-state index contributed by atoms with van der Waals surface area (Å²) in [6.07, 6.45) is 2.46. The minimum Gasteiger partial charge on any atom is -0.383 e. The average Bonchev–Trinajstić information content (AvgIpc) is 3.01. The van der Waals surface area contributed by atoms with Gasteiger partial charge in [-0.25, -0.2) is 4.68 Å². The van der Waals surface area contributed by atoms with Crippen LogP contribution in [0.2, 0.25) is 0 Å². The highest BCUT2D eigenvalue weighted by molar-refractivity contribution is 6.09. The predicted molar refractivity (Wildman–Crippen MR) is 78.8 cm³/mol. The number of nitrogens with two attached hydrogens (primary N) is 1. The number of rotatable bonds is 2. The van der Waals surface area contributed by atoms with E-state index >= 15 is 0 Å². The van der Waals surface area contributed by atoms with E-state index in [4.69, 9.17) is 5.73 Å². The van der Waals surface area contributed by atoms with Crippen LogP contribution in [0.5, 0.6) is 0 Å². The fourth-order valence-electron chi connectivity index (χ4n) is 2.64. The van der Waals surface area contributed by atoms with Crippen molar-refractivity contribution in [3.05, 3.63) is 41.6 Å². The van der Waals surface area contributed by atoms with Gasteiger partial charge in [-0.3, -0.25) is 4.79 Å². The Labute approximate surface area is 118 Å². The van der Waals surface area contributed by atoms with Crippen LogP contribution in [0.4, 0.5) is 11.5 Å². The van der Waals surface area contributed by atoms with Gasteiger partial charge < -0.3 is 10.6 Å². The van der Waals surface area contributed by atoms with Crippen molar-refractivity contribution in [2.75, 3.05) is 17.2 Å². The van der Waals surface area contributed by atoms with Crippen molar-refractivity contribution in [2.24, 2.45) is 0 Å². The molecule has 0 radical (unpaired) electrons. The second-order valence-corrected chi connectivity index (χ2v) is 5.32. The molecule has 0 bridgehead atoms. The van der Waals surface area contributed by atoms with E-state index in [1.807, 2.05) is 32.0 Å². The van der Waals surface area contributed by atoms with Gasteiger partial charge in [-0.15, -0.1) is 0 Å². The minimum atomic E-state index is -0.0700. The molecule has 2 aromatic rings. The van der Waals surface area contributed by atoms with Gasteiger partial charge >= 0.3 is 0 Å². The summed E-state index contributed by atoms with van der Waals surface area (Å²) < 4.78 is 1.68. The Bertz CT molecular complexity index is 660. The van der Waals surface area contributed by atoms with Crippen LogP contribution in [0.1, 0.15) is 35.8 Å². The number of hydrogen-bond acceptors (Lipinski definition) is 3. The monoisotopic (exact) mass is 270 g/mol. The highest BCUT2D eigenvalue weighted by Crippen LogP contribution is 2.30. The van der Waals surface area contributed by atoms with Gasteiger partial charge in [0.15, 0.2) is 0 Å². The van der Waals surface area contributed by atoms with E-state index in [0.29, 0.717) is 17.9 Å². The molecular formula is C15H18N4O. The van der Waals surface area contributed by atoms with Crippen LogP contribution < -0.4 is 10.6 Å². The lowest BCUT2D eigenvalue weighted by Crippen LogP contribution is -2.29. The number of hydrogen-bond donors (Lipinski definition) is 1. The lowest BCUT2D eigenvalue weighted by Gasteiger charge is -2.17. The van der Waals surface area contributed by atoms with Crippen LogP contribution in [0.25, 0.3) is 0 Å². The summed E-state index contributed by atoms with van der Waals surface area (Å²) in [6, 6.07) is 8.12. The van der Waals surface area contributed by atoms with Crippen LogP contribution in [0.15, 0.2) is 30.5 Å². The quantitative estimate of drug-likeness (QED) is 0.910. The highest BCUT2D eigenvalue weighted by atomic mass is 16.2. The fourth-order valence-corrected chi connectivity index (χ4v) is 2.64. The second kappa shape index (κ2) is 4.67. The predicted octanol–water partition coefficient (Wildman–Crippen LogP) is 2.25. The Balaban J connectivity index is 1.95. The number of benzene rings is 1. The lowest BCUT2D eigenvalue weighted by atomic mass is 10.2. The summed E-state index contributed by atoms with van der Waals surface area (Å²) in [5.41, 5.74) is 8.71. The number of para-hydroxylation sites is 1. The van der Waals surface area contributed by atoms with Crippen molar-refractivity contribution in [1.29, 1.82) is 0 Å². The van der Waals surface area contributed by atoms with Crippen LogP contribution in [-0.2, 0) is 6.42 Å². The van der Waals surface area contributed by atoms with E-state index in [2.05, 4.69) is 11.2 Å². The molecule has 0 spiro atoms. The molecule has 2 heterocycles. The van der Waals surface area contributed by atoms with E-state index in [-0.39, 0.29) is 11.9 Å². The molecule has 5 heteroatoms. The Morgan fingerprint density at radius 3 is 2.80 bits per heavy atom. The van der Waals surface area contributed by atoms with Crippen LogP contribution in [-0.4, -0.2) is 22.2 Å². The fraction of sp³-hybridized carbons (Fsp3) is 0.333. The number of nitrogen functional groups attached to an aromatic ring is 1. The first-order valence-electron chi connectivity index (χ1n) is 6.82. The maximum absolute atomic E-state index is 12.7. The summed E-state index contributed by atoms with van der Waals surface area (Å²) in [4.78, 5) is 14.4. The third kappa shape index (κ3) is 1.86. The Kier molecular flexibility index (Phi) is 2.97. The standard InChI is InChI=1S/C15H18N4O/c1-10(2)19-14(16)12(9-17-19)15(20)18-8-7-11-5-3-4-6-13(11)18/h3-6,9-10H,7-8,16H2,1-2H3. The molecular weight excluding hydrogens is 252 g/mol. The summed E-state index contributed by atoms with van der Waals surface area (Å²) in [5, 5.41) is 4.21. The SMILES string of the molecule is CC(C)n1ncc(C(=O)N2CCc3ccccc32)c1N. The molecule has 0 fully saturated rings. The second-order valence-electron chi connectivity index (χ2n) is 5.32. The van der Waals surface area contributed by atoms with Gasteiger partial charge in [-0.05, 0) is 31.9 Å². The first kappa shape index (κ1) is 12.7. The van der Waals surface area contributed by atoms with Crippen LogP contribution in [0.3, 0.4) is 0 Å². The number of anilines is 2. The van der Waals surface area contributed by atoms with Crippen molar-refractivity contribution >= 4 is 17.4 Å². The zero-order chi connectivity index (χ0) is 14.3. The van der Waals surface area contributed by atoms with E-state index in [1.54, 1.807) is 15.8 Å². The Morgan fingerprint density at radius 1 is 1.35 bits per heavy atom. The number of aromatic nitrogens is 2. The molecule has 1 aromatic heterocycles. The Hall–Kier alpha value is -2.30. The molecule has 0 saturated heterocycles. The van der Waals surface area contributed by atoms with E-state index in [1.165, 1.54) is 5.56 Å². The molecule has 1 amide bonds. The molecule has 0 saturated carbocycles. The maximum Gasteiger partial charge on any atom is 0.263 e. The van der Waals surface area contributed by atoms with Crippen molar-refractivity contribution in [3.8, 4) is 0 Å². The minimum absolute atomic E-state index is 0.0700. The number of carbonyl (C=O) groups is 1. The molecule has 1 aliphatic heterocycles. The van der Waals surface area contributed by atoms with Gasteiger partial charge in [0, 0.05) is 18.3 Å². The molecule has 20 heavy (non-hydrogen) atoms. The summed E-state index contributed by atoms with van der Waals surface area (Å²) in [6.45, 7) is 4.68. The summed E-state index contributed by atoms with van der Waals surface area (Å²) in [7, 11) is 0. The molecule has 1 aliphatic rings. The molecule has 0 unspecified atom stereocenters. The topological polar surface area (TPSA) is 64.2 Å². The normalized spacial score (nSPS) is 13.8. The van der Waals surface area contributed by atoms with Crippen LogP contribution >= 0.6 is 0 Å². The first-order chi connectivity index (χ1) is 9.59. The zero-order valence-corrected chi connectivity index (χ0v) is 11.7. The highest BCUT2D eigenvalue weighted by Gasteiger charge is 2.28. The third-order valence-electron chi connectivity index (χ3n) is 3.69. The number of amides is 1. The smallest absolute Gasteiger partial charge is 0.263 e. The van der Waals surface area contributed by atoms with Crippen molar-refractivity contribution in [2.45, 2.75) is 26.3 Å². The molecule has 2 N–H and O–H groups in total. The van der Waals surface area contributed by atoms with Crippen molar-refractivity contribution in [1.82, 2.24) is 9.78 Å². The molecule has 3 rings (SSSR count). The maximum atomic E-state index is 12.7. The molecule has 5 nitrogen and oxygen atoms in total. The van der Waals surface area contributed by atoms with Gasteiger partial charge in [0.1, 0.15) is 11.4 Å². The van der Waals surface area contributed by atoms with Crippen molar-refractivity contribution < 1.29 is 4.79 Å². The Morgan fingerprint density at radius 2 is 2.10 bits per heavy atom. The van der Waals surface area contributed by atoms with E-state index < -0.39 is 0 Å². The zero-order valence-electron chi connectivity index (χ0n) is 11.7. The number of carbonyl (C=O) groups excluding carboxylic acids is 1. The molecule has 0 atom stereocenters. The van der Waals surface area contributed by atoms with Gasteiger partial charge in [-0.1, -0.05) is 18.2 Å². The summed E-state index contributed by atoms with van der Waals surface area (Å²) >= 11 is 0. The van der Waals surface area contributed by atoms with Gasteiger partial charge in [-0.2, -0.15) is 5.10 Å². The molecule has 1 aromatic carbocycles.